The summed E-state index contributed by atoms with van der Waals surface area (Å²) < 4.78 is 24.1. The van der Waals surface area contributed by atoms with Crippen LogP contribution in [0.15, 0.2) is 24.3 Å². The van der Waals surface area contributed by atoms with E-state index < -0.39 is 16.6 Å². The Morgan fingerprint density at radius 1 is 1.40 bits per heavy atom. The van der Waals surface area contributed by atoms with Crippen molar-refractivity contribution in [2.24, 2.45) is 0 Å². The van der Waals surface area contributed by atoms with Crippen LogP contribution in [-0.4, -0.2) is 18.6 Å². The second kappa shape index (κ2) is 9.08. The fourth-order valence-corrected chi connectivity index (χ4v) is 1.06. The lowest BCUT2D eigenvalue weighted by atomic mass is 10.2. The van der Waals surface area contributed by atoms with Crippen LogP contribution in [-0.2, 0) is 11.4 Å². The van der Waals surface area contributed by atoms with Crippen molar-refractivity contribution in [1.29, 1.82) is 0 Å². The van der Waals surface area contributed by atoms with Gasteiger partial charge in [0.2, 0.25) is 0 Å². The Hall–Kier alpha value is -0.170. The summed E-state index contributed by atoms with van der Waals surface area (Å²) in [6, 6.07) is 6.65. The second-order valence-corrected chi connectivity index (χ2v) is 3.16. The molecule has 0 radical (unpaired) electrons. The summed E-state index contributed by atoms with van der Waals surface area (Å²) in [6.45, 7) is 0. The number of carbonyl (C=O) groups is 1. The Balaban J connectivity index is 0. The van der Waals surface area contributed by atoms with Gasteiger partial charge in [-0.15, -0.1) is 12.4 Å². The molecule has 0 aliphatic heterocycles. The highest BCUT2D eigenvalue weighted by molar-refractivity contribution is 7.73. The van der Waals surface area contributed by atoms with Crippen molar-refractivity contribution in [3.8, 4) is 0 Å². The van der Waals surface area contributed by atoms with Crippen LogP contribution in [0.4, 0.5) is 0 Å². The van der Waals surface area contributed by atoms with Crippen molar-refractivity contribution in [3.05, 3.63) is 34.9 Å². The first kappa shape index (κ1) is 17.2. The van der Waals surface area contributed by atoms with Crippen molar-refractivity contribution in [3.63, 3.8) is 0 Å². The molecule has 1 aromatic rings. The lowest BCUT2D eigenvalue weighted by molar-refractivity contribution is 0.108. The Bertz CT molecular complexity index is 341. The van der Waals surface area contributed by atoms with Crippen LogP contribution in [0.25, 0.3) is 0 Å². The van der Waals surface area contributed by atoms with Gasteiger partial charge in [0.05, 0.1) is 21.9 Å². The lowest BCUT2D eigenvalue weighted by Gasteiger charge is -1.93. The summed E-state index contributed by atoms with van der Waals surface area (Å²) in [5.74, 6) is 0. The number of carbonyl (C=O) groups excluding carboxylic acids is 1. The molecule has 4 nitrogen and oxygen atoms in total. The van der Waals surface area contributed by atoms with Crippen LogP contribution in [0.5, 0.6) is 0 Å². The molecule has 1 rings (SSSR count). The van der Waals surface area contributed by atoms with E-state index in [9.17, 15) is 4.79 Å². The summed E-state index contributed by atoms with van der Waals surface area (Å²) in [7, 11) is 0. The zero-order valence-electron chi connectivity index (χ0n) is 7.05. The topological polar surface area (TPSA) is 77.4 Å². The normalized spacial score (nSPS) is 10.4. The third kappa shape index (κ3) is 8.80. The minimum absolute atomic E-state index is 0. The average molecular weight is 293 g/mol. The zero-order valence-corrected chi connectivity index (χ0v) is 10.2. The van der Waals surface area contributed by atoms with Crippen molar-refractivity contribution in [2.45, 2.75) is 0 Å². The third-order valence-electron chi connectivity index (χ3n) is 1.09. The summed E-state index contributed by atoms with van der Waals surface area (Å²) in [4.78, 5) is 10.5. The van der Waals surface area contributed by atoms with Crippen molar-refractivity contribution in [2.75, 3.05) is 0 Å². The molecule has 0 saturated carbocycles. The number of benzene rings is 1. The average Bonchev–Trinajstić information content (AvgIpc) is 2.03. The van der Waals surface area contributed by atoms with Crippen molar-refractivity contribution < 1.29 is 18.1 Å². The molecule has 8 heteroatoms. The van der Waals surface area contributed by atoms with E-state index in [-0.39, 0.29) is 12.4 Å². The number of hydrogen-bond donors (Lipinski definition) is 1. The highest BCUT2D eigenvalue weighted by Crippen LogP contribution is 2.16. The largest absolute Gasteiger partial charge is 0.750 e. The van der Waals surface area contributed by atoms with E-state index in [1.54, 1.807) is 24.3 Å². The molecule has 1 N–H and O–H groups in total. The predicted octanol–water partition coefficient (Wildman–Crippen LogP) is 2.48. The SMILES string of the molecule is Cl.O=C(Cl)c1ccccc1Cl.O=S([O-])O. The first-order valence-electron chi connectivity index (χ1n) is 3.18. The van der Waals surface area contributed by atoms with Crippen LogP contribution in [0, 0.1) is 0 Å². The predicted molar refractivity (Wildman–Crippen MR) is 60.4 cm³/mol. The number of hydrogen-bond acceptors (Lipinski definition) is 3. The van der Waals surface area contributed by atoms with Gasteiger partial charge >= 0.3 is 0 Å². The zero-order chi connectivity index (χ0) is 11.1. The van der Waals surface area contributed by atoms with Gasteiger partial charge in [-0.05, 0) is 23.7 Å². The lowest BCUT2D eigenvalue weighted by Crippen LogP contribution is -1.87. The van der Waals surface area contributed by atoms with Gasteiger partial charge in [0.15, 0.2) is 0 Å². The molecule has 0 aliphatic carbocycles. The van der Waals surface area contributed by atoms with Crippen LogP contribution in [0.3, 0.4) is 0 Å². The van der Waals surface area contributed by atoms with Gasteiger partial charge in [-0.1, -0.05) is 23.7 Å². The maximum atomic E-state index is 10.5. The number of rotatable bonds is 1. The van der Waals surface area contributed by atoms with Gasteiger partial charge in [-0.3, -0.25) is 4.79 Å². The Kier molecular flexibility index (Phi) is 10.4. The molecule has 0 aliphatic rings. The summed E-state index contributed by atoms with van der Waals surface area (Å²) in [5.41, 5.74) is 0.353. The van der Waals surface area contributed by atoms with E-state index in [1.807, 2.05) is 0 Å². The number of halogens is 3. The monoisotopic (exact) mass is 291 g/mol. The minimum atomic E-state index is -2.86. The smallest absolute Gasteiger partial charge is 0.253 e. The van der Waals surface area contributed by atoms with E-state index in [0.29, 0.717) is 10.6 Å². The quantitative estimate of drug-likeness (QED) is 0.637. The van der Waals surface area contributed by atoms with E-state index in [4.69, 9.17) is 36.5 Å². The standard InChI is InChI=1S/C7H4Cl2O.ClH.H2O3S/c8-6-4-2-1-3-5(6)7(9)10;;1-4(2)3/h1-4H;1H;(H2,1,2,3)/p-1. The fourth-order valence-electron chi connectivity index (χ4n) is 0.621. The fraction of sp³-hybridized carbons (Fsp3) is 0. The Labute approximate surface area is 105 Å². The molecule has 0 heterocycles. The van der Waals surface area contributed by atoms with Gasteiger partial charge in [0.25, 0.3) is 5.24 Å². The summed E-state index contributed by atoms with van der Waals surface area (Å²) >= 11 is 7.94. The molecule has 0 fully saturated rings. The van der Waals surface area contributed by atoms with Crippen LogP contribution in [0.1, 0.15) is 10.4 Å². The van der Waals surface area contributed by atoms with E-state index in [2.05, 4.69) is 0 Å². The molecule has 15 heavy (non-hydrogen) atoms. The first-order valence-corrected chi connectivity index (χ1v) is 4.96. The van der Waals surface area contributed by atoms with Crippen molar-refractivity contribution >= 4 is 52.2 Å². The van der Waals surface area contributed by atoms with Crippen LogP contribution in [0.2, 0.25) is 5.02 Å². The maximum Gasteiger partial charge on any atom is 0.253 e. The molecule has 0 aromatic heterocycles. The van der Waals surface area contributed by atoms with Gasteiger partial charge in [0.1, 0.15) is 0 Å². The Morgan fingerprint density at radius 3 is 2.07 bits per heavy atom. The van der Waals surface area contributed by atoms with Gasteiger partial charge in [0, 0.05) is 0 Å². The molecule has 0 bridgehead atoms. The molecular weight excluding hydrogens is 286 g/mol. The second-order valence-electron chi connectivity index (χ2n) is 1.97. The van der Waals surface area contributed by atoms with E-state index >= 15 is 0 Å². The van der Waals surface area contributed by atoms with Crippen LogP contribution < -0.4 is 0 Å². The molecular formula is C7H6Cl3O4S-. The van der Waals surface area contributed by atoms with E-state index in [0.717, 1.165) is 0 Å². The molecule has 86 valence electrons. The third-order valence-corrected chi connectivity index (χ3v) is 1.62. The van der Waals surface area contributed by atoms with Crippen LogP contribution >= 0.6 is 35.6 Å². The summed E-state index contributed by atoms with van der Waals surface area (Å²) in [5, 5.41) is -0.131. The van der Waals surface area contributed by atoms with E-state index in [1.165, 1.54) is 0 Å². The molecule has 1 unspecified atom stereocenters. The van der Waals surface area contributed by atoms with Gasteiger partial charge < -0.3 is 9.11 Å². The van der Waals surface area contributed by atoms with Gasteiger partial charge in [-0.2, -0.15) is 0 Å². The highest BCUT2D eigenvalue weighted by Gasteiger charge is 2.03. The minimum Gasteiger partial charge on any atom is -0.750 e. The molecule has 0 spiro atoms. The van der Waals surface area contributed by atoms with Crippen molar-refractivity contribution in [1.82, 2.24) is 0 Å². The Morgan fingerprint density at radius 2 is 1.80 bits per heavy atom. The molecule has 1 atom stereocenters. The van der Waals surface area contributed by atoms with Gasteiger partial charge in [-0.25, -0.2) is 4.21 Å². The molecule has 0 saturated heterocycles. The highest BCUT2D eigenvalue weighted by atomic mass is 35.5. The summed E-state index contributed by atoms with van der Waals surface area (Å²) in [6.07, 6.45) is 0. The first-order chi connectivity index (χ1) is 6.45. The molecule has 1 aromatic carbocycles. The molecule has 0 amide bonds. The maximum absolute atomic E-state index is 10.5.